The van der Waals surface area contributed by atoms with Gasteiger partial charge in [-0.15, -0.1) is 0 Å². The zero-order valence-corrected chi connectivity index (χ0v) is 10.9. The summed E-state index contributed by atoms with van der Waals surface area (Å²) in [5, 5.41) is 14.1. The lowest BCUT2D eigenvalue weighted by Crippen LogP contribution is -2.37. The normalized spacial score (nSPS) is 13.4. The predicted octanol–water partition coefficient (Wildman–Crippen LogP) is 1.69. The predicted molar refractivity (Wildman–Crippen MR) is 66.0 cm³/mol. The van der Waals surface area contributed by atoms with Crippen LogP contribution in [0.5, 0.6) is 0 Å². The molecule has 1 atom stereocenters. The molecule has 1 amide bonds. The molecule has 0 saturated heterocycles. The van der Waals surface area contributed by atoms with Crippen molar-refractivity contribution in [2.75, 3.05) is 0 Å². The van der Waals surface area contributed by atoms with Gasteiger partial charge >= 0.3 is 0 Å². The first-order valence-corrected chi connectivity index (χ1v) is 5.88. The Kier molecular flexibility index (Phi) is 5.02. The van der Waals surface area contributed by atoms with Gasteiger partial charge in [-0.1, -0.05) is 12.1 Å². The second kappa shape index (κ2) is 6.29. The first-order chi connectivity index (χ1) is 8.06. The molecule has 6 nitrogen and oxygen atoms in total. The van der Waals surface area contributed by atoms with E-state index in [1.54, 1.807) is 12.1 Å². The van der Waals surface area contributed by atoms with E-state index in [-0.39, 0.29) is 23.5 Å². The Morgan fingerprint density at radius 3 is 2.88 bits per heavy atom. The van der Waals surface area contributed by atoms with E-state index in [1.807, 2.05) is 6.92 Å². The van der Waals surface area contributed by atoms with Crippen LogP contribution in [0.15, 0.2) is 26.4 Å². The highest BCUT2D eigenvalue weighted by Gasteiger charge is 2.16. The van der Waals surface area contributed by atoms with E-state index in [0.29, 0.717) is 17.5 Å². The number of carbonyl (C=O) groups is 1. The molecule has 1 rings (SSSR count). The second-order valence-corrected chi connectivity index (χ2v) is 4.26. The first kappa shape index (κ1) is 13.6. The number of rotatable bonds is 5. The lowest BCUT2D eigenvalue weighted by molar-refractivity contribution is 0.0907. The topological polar surface area (TPSA) is 101 Å². The molecule has 4 N–H and O–H groups in total. The number of carbonyl (C=O) groups excluding carboxylic acids is 1. The highest BCUT2D eigenvalue weighted by atomic mass is 79.9. The van der Waals surface area contributed by atoms with Crippen LogP contribution in [0.3, 0.4) is 0 Å². The van der Waals surface area contributed by atoms with Crippen molar-refractivity contribution in [3.05, 3.63) is 22.6 Å². The Bertz CT molecular complexity index is 417. The minimum atomic E-state index is -0.326. The van der Waals surface area contributed by atoms with Crippen LogP contribution in [0.4, 0.5) is 0 Å². The van der Waals surface area contributed by atoms with Gasteiger partial charge in [0.25, 0.3) is 5.91 Å². The van der Waals surface area contributed by atoms with Crippen LogP contribution in [-0.2, 0) is 0 Å². The monoisotopic (exact) mass is 303 g/mol. The van der Waals surface area contributed by atoms with Gasteiger partial charge in [0.15, 0.2) is 10.4 Å². The molecule has 1 aromatic rings. The number of amidine groups is 1. The molecular weight excluding hydrogens is 290 g/mol. The van der Waals surface area contributed by atoms with Gasteiger partial charge in [0, 0.05) is 12.5 Å². The Hall–Kier alpha value is -1.50. The van der Waals surface area contributed by atoms with Crippen molar-refractivity contribution >= 4 is 27.7 Å². The van der Waals surface area contributed by atoms with Gasteiger partial charge in [0.2, 0.25) is 0 Å². The minimum absolute atomic E-state index is 0.0813. The molecule has 0 radical (unpaired) electrons. The standard InChI is InChI=1S/C10H14BrN3O3/c1-2-6(5-9(12)14-16)13-10(15)7-3-4-8(11)17-7/h3-4,6,16H,2,5H2,1H3,(H2,12,14)(H,13,15). The van der Waals surface area contributed by atoms with Crippen LogP contribution in [0.2, 0.25) is 0 Å². The minimum Gasteiger partial charge on any atom is -0.444 e. The summed E-state index contributed by atoms with van der Waals surface area (Å²) in [6, 6.07) is 3.01. The molecule has 0 aliphatic rings. The number of nitrogens with zero attached hydrogens (tertiary/aromatic N) is 1. The van der Waals surface area contributed by atoms with Crippen LogP contribution in [0, 0.1) is 0 Å². The van der Waals surface area contributed by atoms with E-state index in [4.69, 9.17) is 15.4 Å². The van der Waals surface area contributed by atoms with Crippen LogP contribution in [0.25, 0.3) is 0 Å². The Labute approximate surface area is 107 Å². The summed E-state index contributed by atoms with van der Waals surface area (Å²) in [5.74, 6) is -0.0269. The number of amides is 1. The number of hydrogen-bond donors (Lipinski definition) is 3. The van der Waals surface area contributed by atoms with Gasteiger partial charge in [-0.05, 0) is 34.5 Å². The Morgan fingerprint density at radius 2 is 2.41 bits per heavy atom. The van der Waals surface area contributed by atoms with E-state index in [9.17, 15) is 4.79 Å². The molecule has 94 valence electrons. The van der Waals surface area contributed by atoms with Crippen molar-refractivity contribution in [3.8, 4) is 0 Å². The summed E-state index contributed by atoms with van der Waals surface area (Å²) >= 11 is 3.12. The smallest absolute Gasteiger partial charge is 0.287 e. The maximum atomic E-state index is 11.7. The number of nitrogens with two attached hydrogens (primary N) is 1. The molecule has 0 spiro atoms. The summed E-state index contributed by atoms with van der Waals surface area (Å²) < 4.78 is 5.61. The first-order valence-electron chi connectivity index (χ1n) is 5.09. The van der Waals surface area contributed by atoms with Gasteiger partial charge < -0.3 is 20.7 Å². The van der Waals surface area contributed by atoms with Crippen molar-refractivity contribution in [1.29, 1.82) is 0 Å². The van der Waals surface area contributed by atoms with E-state index < -0.39 is 0 Å². The Morgan fingerprint density at radius 1 is 1.71 bits per heavy atom. The summed E-state index contributed by atoms with van der Waals surface area (Å²) in [7, 11) is 0. The highest BCUT2D eigenvalue weighted by molar-refractivity contribution is 9.10. The van der Waals surface area contributed by atoms with Crippen molar-refractivity contribution in [3.63, 3.8) is 0 Å². The lowest BCUT2D eigenvalue weighted by Gasteiger charge is -2.14. The second-order valence-electron chi connectivity index (χ2n) is 3.48. The Balaban J connectivity index is 2.59. The summed E-state index contributed by atoms with van der Waals surface area (Å²) in [5.41, 5.74) is 5.39. The van der Waals surface area contributed by atoms with Crippen molar-refractivity contribution < 1.29 is 14.4 Å². The molecular formula is C10H14BrN3O3. The number of oxime groups is 1. The number of halogens is 1. The molecule has 0 bridgehead atoms. The van der Waals surface area contributed by atoms with Crippen LogP contribution < -0.4 is 11.1 Å². The lowest BCUT2D eigenvalue weighted by atomic mass is 10.1. The van der Waals surface area contributed by atoms with Gasteiger partial charge in [-0.3, -0.25) is 4.79 Å². The molecule has 0 saturated carbocycles. The number of nitrogens with one attached hydrogen (secondary N) is 1. The molecule has 0 aliphatic heterocycles. The van der Waals surface area contributed by atoms with Gasteiger partial charge in [-0.2, -0.15) is 0 Å². The molecule has 1 unspecified atom stereocenters. The van der Waals surface area contributed by atoms with Gasteiger partial charge in [-0.25, -0.2) is 0 Å². The van der Waals surface area contributed by atoms with Crippen LogP contribution >= 0.6 is 15.9 Å². The van der Waals surface area contributed by atoms with Crippen molar-refractivity contribution in [2.24, 2.45) is 10.9 Å². The molecule has 17 heavy (non-hydrogen) atoms. The van der Waals surface area contributed by atoms with Gasteiger partial charge in [0.05, 0.1) is 0 Å². The van der Waals surface area contributed by atoms with Crippen molar-refractivity contribution in [1.82, 2.24) is 5.32 Å². The molecule has 0 aliphatic carbocycles. The zero-order valence-electron chi connectivity index (χ0n) is 9.31. The fraction of sp³-hybridized carbons (Fsp3) is 0.400. The molecule has 1 aromatic heterocycles. The summed E-state index contributed by atoms with van der Waals surface area (Å²) in [6.07, 6.45) is 0.963. The average Bonchev–Trinajstić information content (AvgIpc) is 2.74. The number of furan rings is 1. The fourth-order valence-corrected chi connectivity index (χ4v) is 1.59. The largest absolute Gasteiger partial charge is 0.444 e. The van der Waals surface area contributed by atoms with E-state index in [0.717, 1.165) is 0 Å². The molecule has 1 heterocycles. The highest BCUT2D eigenvalue weighted by Crippen LogP contribution is 2.14. The molecule has 7 heteroatoms. The zero-order chi connectivity index (χ0) is 12.8. The van der Waals surface area contributed by atoms with Crippen LogP contribution in [0.1, 0.15) is 30.3 Å². The van der Waals surface area contributed by atoms with E-state index in [1.165, 1.54) is 0 Å². The fourth-order valence-electron chi connectivity index (χ4n) is 1.28. The van der Waals surface area contributed by atoms with Gasteiger partial charge in [0.1, 0.15) is 5.84 Å². The summed E-state index contributed by atoms with van der Waals surface area (Å²) in [4.78, 5) is 11.7. The molecule has 0 fully saturated rings. The van der Waals surface area contributed by atoms with E-state index in [2.05, 4.69) is 26.4 Å². The third kappa shape index (κ3) is 4.10. The number of hydrogen-bond acceptors (Lipinski definition) is 4. The maximum absolute atomic E-state index is 11.7. The van der Waals surface area contributed by atoms with Crippen molar-refractivity contribution in [2.45, 2.75) is 25.8 Å². The SMILES string of the molecule is CCC(CC(N)=NO)NC(=O)c1ccc(Br)o1. The quantitative estimate of drug-likeness (QED) is 0.333. The van der Waals surface area contributed by atoms with Crippen LogP contribution in [-0.4, -0.2) is 23.0 Å². The summed E-state index contributed by atoms with van der Waals surface area (Å²) in [6.45, 7) is 1.90. The third-order valence-corrected chi connectivity index (χ3v) is 2.64. The average molecular weight is 304 g/mol. The molecule has 0 aromatic carbocycles. The maximum Gasteiger partial charge on any atom is 0.287 e. The van der Waals surface area contributed by atoms with E-state index >= 15 is 0 Å². The third-order valence-electron chi connectivity index (χ3n) is 2.21.